The highest BCUT2D eigenvalue weighted by atomic mass is 19.4. The summed E-state index contributed by atoms with van der Waals surface area (Å²) >= 11 is 0. The quantitative estimate of drug-likeness (QED) is 0.378. The minimum atomic E-state index is -4.21. The lowest BCUT2D eigenvalue weighted by Crippen LogP contribution is -2.51. The van der Waals surface area contributed by atoms with E-state index in [0.717, 1.165) is 16.7 Å². The fraction of sp³-hybridized carbons (Fsp3) is 0.357. The first-order valence-electron chi connectivity index (χ1n) is 11.5. The van der Waals surface area contributed by atoms with Crippen LogP contribution in [0.4, 0.5) is 13.2 Å². The summed E-state index contributed by atoms with van der Waals surface area (Å²) in [5.74, 6) is 2.64. The Labute approximate surface area is 208 Å². The molecule has 0 aromatic heterocycles. The largest absolute Gasteiger partial charge is 0.494 e. The minimum absolute atomic E-state index is 0.00581. The van der Waals surface area contributed by atoms with Gasteiger partial charge in [0.1, 0.15) is 22.9 Å². The monoisotopic (exact) mass is 496 g/mol. The van der Waals surface area contributed by atoms with Crippen LogP contribution in [0.5, 0.6) is 5.75 Å². The number of rotatable bonds is 9. The maximum absolute atomic E-state index is 12.8. The fourth-order valence-electron chi connectivity index (χ4n) is 4.20. The Morgan fingerprint density at radius 1 is 1.25 bits per heavy atom. The van der Waals surface area contributed by atoms with Crippen LogP contribution in [0.1, 0.15) is 47.9 Å². The van der Waals surface area contributed by atoms with Gasteiger partial charge in [0.2, 0.25) is 0 Å². The number of benzene rings is 2. The molecule has 5 nitrogen and oxygen atoms in total. The van der Waals surface area contributed by atoms with Crippen molar-refractivity contribution in [2.24, 2.45) is 0 Å². The van der Waals surface area contributed by atoms with Crippen molar-refractivity contribution in [2.75, 3.05) is 6.61 Å². The molecule has 0 unspecified atom stereocenters. The van der Waals surface area contributed by atoms with Crippen LogP contribution in [-0.4, -0.2) is 29.3 Å². The number of hydrogen-bond donors (Lipinski definition) is 2. The molecule has 0 radical (unpaired) electrons. The summed E-state index contributed by atoms with van der Waals surface area (Å²) in [5.41, 5.74) is 2.67. The van der Waals surface area contributed by atoms with Crippen molar-refractivity contribution in [3.05, 3.63) is 70.3 Å². The number of halogens is 3. The van der Waals surface area contributed by atoms with Gasteiger partial charge in [-0.3, -0.25) is 4.79 Å². The van der Waals surface area contributed by atoms with Gasteiger partial charge in [0, 0.05) is 12.8 Å². The molecule has 0 aliphatic carbocycles. The molecule has 36 heavy (non-hydrogen) atoms. The zero-order valence-corrected chi connectivity index (χ0v) is 19.9. The minimum Gasteiger partial charge on any atom is -0.494 e. The molecule has 2 aromatic rings. The number of aliphatic hydroxyl groups excluding tert-OH is 1. The molecule has 0 spiro atoms. The summed E-state index contributed by atoms with van der Waals surface area (Å²) in [5, 5.41) is 21.9. The summed E-state index contributed by atoms with van der Waals surface area (Å²) in [4.78, 5) is 12.8. The number of hydrogen-bond acceptors (Lipinski definition) is 4. The molecule has 1 amide bonds. The van der Waals surface area contributed by atoms with Crippen LogP contribution in [0.3, 0.4) is 0 Å². The van der Waals surface area contributed by atoms with Crippen LogP contribution < -0.4 is 10.1 Å². The molecule has 1 heterocycles. The van der Waals surface area contributed by atoms with Crippen molar-refractivity contribution >= 4 is 11.5 Å². The third kappa shape index (κ3) is 6.68. The Bertz CT molecular complexity index is 1240. The lowest BCUT2D eigenvalue weighted by atomic mass is 9.78. The van der Waals surface area contributed by atoms with E-state index in [1.54, 1.807) is 30.3 Å². The number of aryl methyl sites for hydroxylation is 2. The van der Waals surface area contributed by atoms with Crippen LogP contribution in [0.2, 0.25) is 0 Å². The van der Waals surface area contributed by atoms with Crippen molar-refractivity contribution in [1.82, 2.24) is 5.32 Å². The normalized spacial score (nSPS) is 17.8. The standard InChI is InChI=1S/C28H27F3N2O3/c1-3-27(12-10-20-6-4-7-23(15-20)36-13-5-11-28(29,30)31)16-24(25(17-32)26(35)33-27)21-8-9-22(18-34)19(2)14-21/h1,4,6-9,14-15,34H,5,10-13,16,18H2,2H3,(H,33,35)/t27-/m0/s1. The average molecular weight is 497 g/mol. The Morgan fingerprint density at radius 2 is 2.03 bits per heavy atom. The van der Waals surface area contributed by atoms with Gasteiger partial charge in [0.05, 0.1) is 13.2 Å². The molecule has 0 saturated carbocycles. The zero-order chi connectivity index (χ0) is 26.3. The summed E-state index contributed by atoms with van der Waals surface area (Å²) in [6, 6.07) is 14.4. The SMILES string of the molecule is C#C[C@]1(CCc2cccc(OCCCC(F)(F)F)c2)CC(c2ccc(CO)c(C)c2)=C(C#N)C(=O)N1. The maximum Gasteiger partial charge on any atom is 0.389 e. The fourth-order valence-corrected chi connectivity index (χ4v) is 4.20. The van der Waals surface area contributed by atoms with Crippen LogP contribution in [0, 0.1) is 30.6 Å². The van der Waals surface area contributed by atoms with E-state index >= 15 is 0 Å². The van der Waals surface area contributed by atoms with E-state index < -0.39 is 24.0 Å². The van der Waals surface area contributed by atoms with Gasteiger partial charge in [-0.2, -0.15) is 18.4 Å². The van der Waals surface area contributed by atoms with Gasteiger partial charge in [-0.25, -0.2) is 0 Å². The molecule has 0 bridgehead atoms. The van der Waals surface area contributed by atoms with Crippen molar-refractivity contribution in [3.63, 3.8) is 0 Å². The van der Waals surface area contributed by atoms with E-state index in [2.05, 4.69) is 11.2 Å². The molecule has 1 aliphatic heterocycles. The molecule has 0 saturated heterocycles. The van der Waals surface area contributed by atoms with Gasteiger partial charge in [0.15, 0.2) is 0 Å². The Kier molecular flexibility index (Phi) is 8.45. The van der Waals surface area contributed by atoms with E-state index in [-0.39, 0.29) is 31.6 Å². The van der Waals surface area contributed by atoms with Crippen LogP contribution >= 0.6 is 0 Å². The van der Waals surface area contributed by atoms with Gasteiger partial charge in [-0.15, -0.1) is 6.42 Å². The highest BCUT2D eigenvalue weighted by Gasteiger charge is 2.38. The third-order valence-electron chi connectivity index (χ3n) is 6.22. The van der Waals surface area contributed by atoms with E-state index in [1.165, 1.54) is 0 Å². The van der Waals surface area contributed by atoms with Gasteiger partial charge in [-0.1, -0.05) is 36.3 Å². The molecule has 1 aliphatic rings. The molecule has 8 heteroatoms. The second-order valence-corrected chi connectivity index (χ2v) is 8.84. The number of terminal acetylenes is 1. The van der Waals surface area contributed by atoms with Gasteiger partial charge >= 0.3 is 6.18 Å². The smallest absolute Gasteiger partial charge is 0.389 e. The highest BCUT2D eigenvalue weighted by Crippen LogP contribution is 2.36. The summed E-state index contributed by atoms with van der Waals surface area (Å²) in [6.45, 7) is 1.68. The molecule has 0 fully saturated rings. The number of nitrogens with one attached hydrogen (secondary N) is 1. The van der Waals surface area contributed by atoms with Crippen molar-refractivity contribution in [1.29, 1.82) is 5.26 Å². The predicted molar refractivity (Wildman–Crippen MR) is 130 cm³/mol. The first kappa shape index (κ1) is 26.8. The van der Waals surface area contributed by atoms with Crippen molar-refractivity contribution < 1.29 is 27.8 Å². The number of aliphatic hydroxyl groups is 1. The van der Waals surface area contributed by atoms with E-state index in [0.29, 0.717) is 29.7 Å². The molecule has 2 N–H and O–H groups in total. The molecular formula is C28H27F3N2O3. The van der Waals surface area contributed by atoms with Crippen LogP contribution in [0.25, 0.3) is 5.57 Å². The molecular weight excluding hydrogens is 469 g/mol. The molecule has 188 valence electrons. The van der Waals surface area contributed by atoms with Crippen molar-refractivity contribution in [2.45, 2.75) is 57.3 Å². The lowest BCUT2D eigenvalue weighted by molar-refractivity contribution is -0.136. The van der Waals surface area contributed by atoms with Crippen LogP contribution in [-0.2, 0) is 17.8 Å². The topological polar surface area (TPSA) is 82.3 Å². The predicted octanol–water partition coefficient (Wildman–Crippen LogP) is 5.01. The number of alkyl halides is 3. The number of nitrogens with zero attached hydrogens (tertiary/aromatic N) is 1. The number of amides is 1. The van der Waals surface area contributed by atoms with Crippen LogP contribution in [0.15, 0.2) is 48.0 Å². The highest BCUT2D eigenvalue weighted by molar-refractivity contribution is 6.07. The number of carbonyl (C=O) groups excluding carboxylic acids is 1. The number of ether oxygens (including phenoxy) is 1. The summed E-state index contributed by atoms with van der Waals surface area (Å²) in [6.07, 6.45) is 1.76. The first-order valence-corrected chi connectivity index (χ1v) is 11.5. The summed E-state index contributed by atoms with van der Waals surface area (Å²) in [7, 11) is 0. The number of nitriles is 1. The molecule has 3 rings (SSSR count). The van der Waals surface area contributed by atoms with Gasteiger partial charge in [-0.05, 0) is 66.1 Å². The second kappa shape index (κ2) is 11.3. The second-order valence-electron chi connectivity index (χ2n) is 8.84. The summed E-state index contributed by atoms with van der Waals surface area (Å²) < 4.78 is 42.4. The Balaban J connectivity index is 1.75. The van der Waals surface area contributed by atoms with E-state index in [4.69, 9.17) is 11.2 Å². The number of carbonyl (C=O) groups is 1. The van der Waals surface area contributed by atoms with Gasteiger partial charge in [0.25, 0.3) is 5.91 Å². The average Bonchev–Trinajstić information content (AvgIpc) is 2.84. The van der Waals surface area contributed by atoms with E-state index in [9.17, 15) is 28.3 Å². The molecule has 2 aromatic carbocycles. The zero-order valence-electron chi connectivity index (χ0n) is 19.9. The van der Waals surface area contributed by atoms with Crippen molar-refractivity contribution in [3.8, 4) is 24.2 Å². The maximum atomic E-state index is 12.8. The van der Waals surface area contributed by atoms with E-state index in [1.807, 2.05) is 25.1 Å². The van der Waals surface area contributed by atoms with Gasteiger partial charge < -0.3 is 15.2 Å². The Morgan fingerprint density at radius 3 is 2.67 bits per heavy atom. The lowest BCUT2D eigenvalue weighted by Gasteiger charge is -2.35. The molecule has 1 atom stereocenters. The third-order valence-corrected chi connectivity index (χ3v) is 6.22. The Hall–Kier alpha value is -3.75. The first-order chi connectivity index (χ1) is 17.1.